The fourth-order valence-electron chi connectivity index (χ4n) is 3.89. The number of methoxy groups -OCH3 is 1. The molecule has 2 aromatic carbocycles. The van der Waals surface area contributed by atoms with Crippen LogP contribution in [0.2, 0.25) is 0 Å². The van der Waals surface area contributed by atoms with Crippen molar-refractivity contribution in [1.29, 1.82) is 0 Å². The van der Waals surface area contributed by atoms with Crippen LogP contribution in [0.1, 0.15) is 48.5 Å². The first-order chi connectivity index (χ1) is 15.2. The first-order valence-electron chi connectivity index (χ1n) is 10.3. The van der Waals surface area contributed by atoms with Crippen molar-refractivity contribution in [2.24, 2.45) is 0 Å². The summed E-state index contributed by atoms with van der Waals surface area (Å²) < 4.78 is 10.6. The Bertz CT molecular complexity index is 1180. The summed E-state index contributed by atoms with van der Waals surface area (Å²) in [7, 11) is 1.55. The van der Waals surface area contributed by atoms with Crippen LogP contribution in [0.5, 0.6) is 5.75 Å². The number of furan rings is 1. The highest BCUT2D eigenvalue weighted by molar-refractivity contribution is 6.20. The van der Waals surface area contributed by atoms with Crippen LogP contribution in [0, 0.1) is 0 Å². The first kappa shape index (κ1) is 21.4. The second-order valence-electron chi connectivity index (χ2n) is 8.72. The van der Waals surface area contributed by atoms with Crippen LogP contribution in [-0.4, -0.2) is 23.9 Å². The lowest BCUT2D eigenvalue weighted by Gasteiger charge is -2.28. The van der Waals surface area contributed by atoms with Gasteiger partial charge in [0.15, 0.2) is 11.5 Å². The number of carbonyl (C=O) groups excluding carboxylic acids is 2. The molecule has 32 heavy (non-hydrogen) atoms. The van der Waals surface area contributed by atoms with Crippen LogP contribution >= 0.6 is 0 Å². The zero-order valence-electron chi connectivity index (χ0n) is 18.5. The van der Waals surface area contributed by atoms with Crippen molar-refractivity contribution in [1.82, 2.24) is 0 Å². The van der Waals surface area contributed by atoms with E-state index in [9.17, 15) is 14.7 Å². The van der Waals surface area contributed by atoms with Gasteiger partial charge in [0.05, 0.1) is 25.0 Å². The second-order valence-corrected chi connectivity index (χ2v) is 8.72. The van der Waals surface area contributed by atoms with E-state index in [-0.39, 0.29) is 16.7 Å². The fourth-order valence-corrected chi connectivity index (χ4v) is 3.89. The molecule has 1 aromatic heterocycles. The third-order valence-corrected chi connectivity index (χ3v) is 5.62. The maximum absolute atomic E-state index is 13.2. The Labute approximate surface area is 186 Å². The Kier molecular flexibility index (Phi) is 5.38. The van der Waals surface area contributed by atoms with E-state index in [1.165, 1.54) is 17.2 Å². The van der Waals surface area contributed by atoms with Gasteiger partial charge in [0.1, 0.15) is 5.75 Å². The summed E-state index contributed by atoms with van der Waals surface area (Å²) in [6, 6.07) is 16.9. The minimum atomic E-state index is -0.837. The topological polar surface area (TPSA) is 80.0 Å². The van der Waals surface area contributed by atoms with Gasteiger partial charge in [0, 0.05) is 5.69 Å². The number of carbonyl (C=O) groups is 2. The van der Waals surface area contributed by atoms with Crippen molar-refractivity contribution >= 4 is 17.4 Å². The van der Waals surface area contributed by atoms with Crippen LogP contribution in [-0.2, 0) is 10.2 Å². The van der Waals surface area contributed by atoms with Gasteiger partial charge in [0.2, 0.25) is 5.78 Å². The molecule has 0 aliphatic carbocycles. The van der Waals surface area contributed by atoms with E-state index in [1.807, 2.05) is 24.3 Å². The van der Waals surface area contributed by atoms with Gasteiger partial charge in [-0.25, -0.2) is 0 Å². The van der Waals surface area contributed by atoms with Gasteiger partial charge in [-0.3, -0.25) is 14.5 Å². The zero-order chi connectivity index (χ0) is 23.0. The Balaban J connectivity index is 1.85. The molecule has 1 amide bonds. The molecule has 3 aromatic rings. The maximum Gasteiger partial charge on any atom is 0.294 e. The van der Waals surface area contributed by atoms with Crippen LogP contribution in [0.25, 0.3) is 0 Å². The summed E-state index contributed by atoms with van der Waals surface area (Å²) in [5, 5.41) is 10.8. The summed E-state index contributed by atoms with van der Waals surface area (Å²) >= 11 is 0. The van der Waals surface area contributed by atoms with E-state index in [4.69, 9.17) is 9.15 Å². The molecule has 0 saturated carbocycles. The zero-order valence-corrected chi connectivity index (χ0v) is 18.5. The lowest BCUT2D eigenvalue weighted by molar-refractivity contribution is -0.117. The van der Waals surface area contributed by atoms with Crippen molar-refractivity contribution in [2.45, 2.75) is 32.2 Å². The van der Waals surface area contributed by atoms with Gasteiger partial charge >= 0.3 is 0 Å². The second kappa shape index (κ2) is 8.04. The number of hydrogen-bond donors (Lipinski definition) is 1. The van der Waals surface area contributed by atoms with E-state index < -0.39 is 23.5 Å². The molecule has 4 rings (SSSR count). The molecule has 0 bridgehead atoms. The van der Waals surface area contributed by atoms with Gasteiger partial charge in [-0.15, -0.1) is 0 Å². The van der Waals surface area contributed by atoms with E-state index in [0.29, 0.717) is 17.0 Å². The summed E-state index contributed by atoms with van der Waals surface area (Å²) in [6.45, 7) is 6.32. The van der Waals surface area contributed by atoms with Gasteiger partial charge in [0.25, 0.3) is 5.91 Å². The van der Waals surface area contributed by atoms with Gasteiger partial charge in [-0.2, -0.15) is 0 Å². The molecular weight excluding hydrogens is 406 g/mol. The summed E-state index contributed by atoms with van der Waals surface area (Å²) in [5.74, 6) is -1.14. The number of aliphatic hydroxyl groups is 1. The van der Waals surface area contributed by atoms with Crippen molar-refractivity contribution < 1.29 is 23.8 Å². The quantitative estimate of drug-likeness (QED) is 0.550. The molecular formula is C26H25NO5. The third-order valence-electron chi connectivity index (χ3n) is 5.62. The predicted octanol–water partition coefficient (Wildman–Crippen LogP) is 5.37. The van der Waals surface area contributed by atoms with Crippen molar-refractivity contribution in [3.63, 3.8) is 0 Å². The minimum absolute atomic E-state index is 0.0295. The summed E-state index contributed by atoms with van der Waals surface area (Å²) in [6.07, 6.45) is 1.38. The lowest BCUT2D eigenvalue weighted by atomic mass is 9.87. The van der Waals surface area contributed by atoms with Crippen molar-refractivity contribution in [3.8, 4) is 5.75 Å². The van der Waals surface area contributed by atoms with Gasteiger partial charge < -0.3 is 14.3 Å². The molecule has 1 atom stereocenters. The van der Waals surface area contributed by atoms with Crippen molar-refractivity contribution in [2.75, 3.05) is 12.0 Å². The van der Waals surface area contributed by atoms with Crippen LogP contribution in [0.15, 0.2) is 82.7 Å². The van der Waals surface area contributed by atoms with Crippen molar-refractivity contribution in [3.05, 3.63) is 95.1 Å². The minimum Gasteiger partial charge on any atom is -0.503 e. The molecule has 0 radical (unpaired) electrons. The number of rotatable bonds is 5. The highest BCUT2D eigenvalue weighted by Crippen LogP contribution is 2.43. The van der Waals surface area contributed by atoms with E-state index in [2.05, 4.69) is 20.8 Å². The number of Topliss-reactive ketones (excluding diaryl/α,β-unsaturated/α-hetero) is 1. The van der Waals surface area contributed by atoms with E-state index in [1.54, 1.807) is 37.4 Å². The number of aliphatic hydroxyl groups excluding tert-OH is 1. The smallest absolute Gasteiger partial charge is 0.294 e. The average molecular weight is 431 g/mol. The molecule has 0 spiro atoms. The average Bonchev–Trinajstić information content (AvgIpc) is 3.40. The molecule has 1 aliphatic heterocycles. The largest absolute Gasteiger partial charge is 0.503 e. The predicted molar refractivity (Wildman–Crippen MR) is 121 cm³/mol. The Morgan fingerprint density at radius 3 is 2.38 bits per heavy atom. The number of hydrogen-bond acceptors (Lipinski definition) is 5. The number of benzene rings is 2. The normalized spacial score (nSPS) is 16.6. The highest BCUT2D eigenvalue weighted by atomic mass is 16.5. The summed E-state index contributed by atoms with van der Waals surface area (Å²) in [5.41, 5.74) is 2.23. The molecule has 6 nitrogen and oxygen atoms in total. The molecule has 0 saturated heterocycles. The molecule has 1 unspecified atom stereocenters. The molecule has 6 heteroatoms. The molecule has 0 fully saturated rings. The maximum atomic E-state index is 13.2. The molecule has 1 aliphatic rings. The standard InChI is InChI=1S/C26H25NO5/c1-26(2,3)17-10-12-18(13-11-17)27-22(16-7-5-8-19(15-16)31-4)21(24(29)25(27)30)23(28)20-9-6-14-32-20/h5-15,22,29H,1-4H3. The van der Waals surface area contributed by atoms with Crippen LogP contribution < -0.4 is 9.64 Å². The Hall–Kier alpha value is -3.80. The van der Waals surface area contributed by atoms with Crippen LogP contribution in [0.4, 0.5) is 5.69 Å². The number of amides is 1. The van der Waals surface area contributed by atoms with Gasteiger partial charge in [-0.05, 0) is 52.9 Å². The number of ketones is 1. The number of anilines is 1. The molecule has 1 N–H and O–H groups in total. The number of ether oxygens (including phenoxy) is 1. The Morgan fingerprint density at radius 2 is 1.78 bits per heavy atom. The lowest BCUT2D eigenvalue weighted by Crippen LogP contribution is -2.31. The van der Waals surface area contributed by atoms with Crippen LogP contribution in [0.3, 0.4) is 0 Å². The van der Waals surface area contributed by atoms with E-state index >= 15 is 0 Å². The SMILES string of the molecule is COc1cccc(C2C(C(=O)c3ccco3)=C(O)C(=O)N2c2ccc(C(C)(C)C)cc2)c1. The fraction of sp³-hybridized carbons (Fsp3) is 0.231. The van der Waals surface area contributed by atoms with Gasteiger partial charge in [-0.1, -0.05) is 45.0 Å². The van der Waals surface area contributed by atoms with E-state index in [0.717, 1.165) is 5.56 Å². The Morgan fingerprint density at radius 1 is 1.06 bits per heavy atom. The third kappa shape index (κ3) is 3.68. The summed E-state index contributed by atoms with van der Waals surface area (Å²) in [4.78, 5) is 27.9. The number of nitrogens with zero attached hydrogens (tertiary/aromatic N) is 1. The first-order valence-corrected chi connectivity index (χ1v) is 10.3. The monoisotopic (exact) mass is 431 g/mol. The molecule has 2 heterocycles. The molecule has 164 valence electrons. The highest BCUT2D eigenvalue weighted by Gasteiger charge is 2.45.